The molecule has 3 heterocycles. The second-order valence-corrected chi connectivity index (χ2v) is 5.55. The van der Waals surface area contributed by atoms with E-state index < -0.39 is 36.9 Å². The molecular weight excluding hydrogens is 321 g/mol. The van der Waals surface area contributed by atoms with E-state index >= 15 is 0 Å². The zero-order valence-electron chi connectivity index (χ0n) is 13.1. The number of aliphatic imine (C=N–C) groups is 1. The van der Waals surface area contributed by atoms with E-state index in [0.29, 0.717) is 18.1 Å². The molecule has 0 aromatic carbocycles. The van der Waals surface area contributed by atoms with E-state index in [4.69, 9.17) is 15.2 Å². The maximum Gasteiger partial charge on any atom is 0.198 e. The first kappa shape index (κ1) is 16.8. The number of guanidine groups is 1. The number of alkyl halides is 1. The van der Waals surface area contributed by atoms with Crippen molar-refractivity contribution >= 4 is 11.8 Å². The van der Waals surface area contributed by atoms with Gasteiger partial charge in [0.2, 0.25) is 0 Å². The highest BCUT2D eigenvalue weighted by atomic mass is 19.1. The number of aromatic nitrogens is 2. The van der Waals surface area contributed by atoms with Gasteiger partial charge in [0, 0.05) is 6.61 Å². The lowest BCUT2D eigenvalue weighted by molar-refractivity contribution is -0.0965. The van der Waals surface area contributed by atoms with Crippen LogP contribution < -0.4 is 11.1 Å². The first-order chi connectivity index (χ1) is 11.5. The van der Waals surface area contributed by atoms with Gasteiger partial charge in [0.1, 0.15) is 23.2 Å². The molecule has 0 radical (unpaired) electrons. The van der Waals surface area contributed by atoms with Gasteiger partial charge in [-0.25, -0.2) is 14.4 Å². The van der Waals surface area contributed by atoms with Gasteiger partial charge in [-0.1, -0.05) is 6.08 Å². The fourth-order valence-corrected chi connectivity index (χ4v) is 2.85. The number of rotatable bonds is 5. The van der Waals surface area contributed by atoms with Crippen molar-refractivity contribution in [3.05, 3.63) is 24.7 Å². The lowest BCUT2D eigenvalue weighted by Gasteiger charge is -2.26. The molecule has 132 valence electrons. The third kappa shape index (κ3) is 2.38. The summed E-state index contributed by atoms with van der Waals surface area (Å²) < 4.78 is 27.0. The van der Waals surface area contributed by atoms with Crippen molar-refractivity contribution in [3.63, 3.8) is 0 Å². The van der Waals surface area contributed by atoms with E-state index in [-0.39, 0.29) is 5.96 Å². The van der Waals surface area contributed by atoms with Crippen LogP contribution in [0.1, 0.15) is 25.1 Å². The Hall–Kier alpha value is -2.01. The average Bonchev–Trinajstić information content (AvgIpc) is 3.09. The van der Waals surface area contributed by atoms with Gasteiger partial charge in [-0.05, 0) is 6.92 Å². The molecule has 2 aliphatic rings. The first-order valence-corrected chi connectivity index (χ1v) is 7.50. The van der Waals surface area contributed by atoms with E-state index in [0.717, 1.165) is 0 Å². The quantitative estimate of drug-likeness (QED) is 0.546. The van der Waals surface area contributed by atoms with Crippen LogP contribution in [0.4, 0.5) is 10.2 Å². The van der Waals surface area contributed by atoms with Gasteiger partial charge in [-0.15, -0.1) is 6.58 Å². The van der Waals surface area contributed by atoms with Gasteiger partial charge in [0.05, 0.1) is 12.9 Å². The van der Waals surface area contributed by atoms with Gasteiger partial charge in [0.25, 0.3) is 0 Å². The highest BCUT2D eigenvalue weighted by molar-refractivity contribution is 5.93. The van der Waals surface area contributed by atoms with Crippen LogP contribution in [0.5, 0.6) is 0 Å². The van der Waals surface area contributed by atoms with Crippen LogP contribution in [0.15, 0.2) is 24.0 Å². The van der Waals surface area contributed by atoms with E-state index in [1.807, 2.05) is 0 Å². The Balaban J connectivity index is 1.97. The molecule has 3 rings (SSSR count). The summed E-state index contributed by atoms with van der Waals surface area (Å²) >= 11 is 0. The monoisotopic (exact) mass is 341 g/mol. The minimum atomic E-state index is -1.80. The number of imidazole rings is 1. The summed E-state index contributed by atoms with van der Waals surface area (Å²) in [7, 11) is 0. The lowest BCUT2D eigenvalue weighted by Crippen LogP contribution is -2.43. The molecule has 9 nitrogen and oxygen atoms in total. The molecule has 1 unspecified atom stereocenters. The van der Waals surface area contributed by atoms with E-state index in [1.165, 1.54) is 17.0 Å². The first-order valence-electron chi connectivity index (χ1n) is 7.50. The molecule has 24 heavy (non-hydrogen) atoms. The standard InChI is InChI=1S/C14H20FN5O4/c1-3-14(5-21)9(22)7(15)12(24-14)20-6-17-8-10(20)18-13(16)19-11(8)23-4-2/h3,6-7,9,11-12,21-22H,1,4-5H2,2H3,(H3,16,18,19)/t7-,9+,11?,12-,14-/m1/s1. The predicted octanol–water partition coefficient (Wildman–Crippen LogP) is -0.197. The van der Waals surface area contributed by atoms with E-state index in [2.05, 4.69) is 21.9 Å². The molecule has 0 saturated carbocycles. The van der Waals surface area contributed by atoms with Crippen molar-refractivity contribution in [2.75, 3.05) is 18.5 Å². The molecule has 1 aromatic heterocycles. The molecule has 5 atom stereocenters. The molecule has 0 aliphatic carbocycles. The van der Waals surface area contributed by atoms with Gasteiger partial charge >= 0.3 is 0 Å². The Morgan fingerprint density at radius 2 is 2.42 bits per heavy atom. The Kier molecular flexibility index (Phi) is 4.30. The van der Waals surface area contributed by atoms with Crippen molar-refractivity contribution in [2.45, 2.75) is 37.3 Å². The number of anilines is 1. The lowest BCUT2D eigenvalue weighted by atomic mass is 9.97. The van der Waals surface area contributed by atoms with Crippen LogP contribution in [-0.4, -0.2) is 56.8 Å². The fraction of sp³-hybridized carbons (Fsp3) is 0.571. The number of halogens is 1. The summed E-state index contributed by atoms with van der Waals surface area (Å²) in [4.78, 5) is 8.28. The van der Waals surface area contributed by atoms with Gasteiger partial charge in [0.15, 0.2) is 24.6 Å². The summed E-state index contributed by atoms with van der Waals surface area (Å²) in [6.07, 6.45) is -2.76. The van der Waals surface area contributed by atoms with Crippen molar-refractivity contribution < 1.29 is 24.1 Å². The molecule has 1 aromatic rings. The predicted molar refractivity (Wildman–Crippen MR) is 82.9 cm³/mol. The van der Waals surface area contributed by atoms with E-state index in [9.17, 15) is 14.6 Å². The van der Waals surface area contributed by atoms with Crippen molar-refractivity contribution in [3.8, 4) is 0 Å². The smallest absolute Gasteiger partial charge is 0.198 e. The highest BCUT2D eigenvalue weighted by Gasteiger charge is 2.54. The zero-order valence-corrected chi connectivity index (χ0v) is 13.1. The number of nitrogens with one attached hydrogen (secondary N) is 1. The summed E-state index contributed by atoms with van der Waals surface area (Å²) in [6, 6.07) is 0. The maximum absolute atomic E-state index is 14.6. The Bertz CT molecular complexity index is 666. The van der Waals surface area contributed by atoms with Crippen LogP contribution in [-0.2, 0) is 9.47 Å². The zero-order chi connectivity index (χ0) is 17.5. The molecule has 1 fully saturated rings. The normalized spacial score (nSPS) is 35.2. The number of fused-ring (bicyclic) bond motifs is 1. The van der Waals surface area contributed by atoms with Crippen molar-refractivity contribution in [1.82, 2.24) is 9.55 Å². The number of ether oxygens (including phenoxy) is 2. The Labute approximate surface area is 137 Å². The third-order valence-corrected chi connectivity index (χ3v) is 4.16. The van der Waals surface area contributed by atoms with Crippen LogP contribution in [0.2, 0.25) is 0 Å². The molecule has 2 aliphatic heterocycles. The highest BCUT2D eigenvalue weighted by Crippen LogP contribution is 2.42. The van der Waals surface area contributed by atoms with E-state index in [1.54, 1.807) is 6.92 Å². The molecule has 0 bridgehead atoms. The minimum absolute atomic E-state index is 0.0915. The van der Waals surface area contributed by atoms with Crippen molar-refractivity contribution in [1.29, 1.82) is 0 Å². The topological polar surface area (TPSA) is 127 Å². The maximum atomic E-state index is 14.6. The summed E-state index contributed by atoms with van der Waals surface area (Å²) in [6.45, 7) is 5.10. The molecule has 0 spiro atoms. The second-order valence-electron chi connectivity index (χ2n) is 5.55. The number of hydrogen-bond acceptors (Lipinski definition) is 8. The summed E-state index contributed by atoms with van der Waals surface area (Å²) in [5.74, 6) is 0.451. The number of hydrogen-bond donors (Lipinski definition) is 4. The van der Waals surface area contributed by atoms with Crippen LogP contribution in [0.3, 0.4) is 0 Å². The van der Waals surface area contributed by atoms with Crippen LogP contribution in [0.25, 0.3) is 0 Å². The number of aliphatic hydroxyl groups is 2. The number of aliphatic hydroxyl groups excluding tert-OH is 2. The van der Waals surface area contributed by atoms with Crippen molar-refractivity contribution in [2.24, 2.45) is 10.7 Å². The molecule has 5 N–H and O–H groups in total. The summed E-state index contributed by atoms with van der Waals surface area (Å²) in [5, 5.41) is 22.4. The molecule has 0 amide bonds. The summed E-state index contributed by atoms with van der Waals surface area (Å²) in [5.41, 5.74) is 4.58. The second kappa shape index (κ2) is 6.13. The average molecular weight is 341 g/mol. The number of nitrogens with two attached hydrogens (primary N) is 1. The largest absolute Gasteiger partial charge is 0.393 e. The van der Waals surface area contributed by atoms with Gasteiger partial charge in [-0.3, -0.25) is 4.57 Å². The fourth-order valence-electron chi connectivity index (χ4n) is 2.85. The third-order valence-electron chi connectivity index (χ3n) is 4.16. The number of nitrogens with zero attached hydrogens (tertiary/aromatic N) is 3. The van der Waals surface area contributed by atoms with Gasteiger partial charge in [-0.2, -0.15) is 0 Å². The minimum Gasteiger partial charge on any atom is -0.393 e. The Morgan fingerprint density at radius 1 is 1.67 bits per heavy atom. The van der Waals surface area contributed by atoms with Crippen LogP contribution in [0, 0.1) is 0 Å². The molecular formula is C14H20FN5O4. The Morgan fingerprint density at radius 3 is 3.00 bits per heavy atom. The molecule has 1 saturated heterocycles. The van der Waals surface area contributed by atoms with Gasteiger partial charge < -0.3 is 30.7 Å². The SMILES string of the molecule is C=C[C@]1(CO)O[C@@H](n2cnc3c2NC(N)=NC3OCC)[C@H](F)[C@@H]1O. The van der Waals surface area contributed by atoms with Crippen LogP contribution >= 0.6 is 0 Å². The molecule has 10 heteroatoms.